The molecule has 2 heterocycles. The highest BCUT2D eigenvalue weighted by atomic mass is 32.2. The second kappa shape index (κ2) is 14.1. The van der Waals surface area contributed by atoms with Gasteiger partial charge in [0.1, 0.15) is 21.9 Å². The van der Waals surface area contributed by atoms with Crippen molar-refractivity contribution in [3.8, 4) is 6.07 Å². The van der Waals surface area contributed by atoms with Gasteiger partial charge in [-0.05, 0) is 68.7 Å². The second-order valence-electron chi connectivity index (χ2n) is 11.7. The summed E-state index contributed by atoms with van der Waals surface area (Å²) in [5, 5.41) is 25.0. The summed E-state index contributed by atoms with van der Waals surface area (Å²) in [6.45, 7) is 6.11. The zero-order valence-electron chi connectivity index (χ0n) is 25.9. The van der Waals surface area contributed by atoms with E-state index >= 15 is 0 Å². The van der Waals surface area contributed by atoms with Crippen LogP contribution in [0, 0.1) is 11.3 Å². The van der Waals surface area contributed by atoms with Crippen LogP contribution in [-0.4, -0.2) is 46.0 Å². The fraction of sp³-hybridized carbons (Fsp3) is 0.229. The van der Waals surface area contributed by atoms with Crippen LogP contribution in [0.5, 0.6) is 0 Å². The number of carbonyl (C=O) groups excluding carboxylic acids is 3. The quantitative estimate of drug-likeness (QED) is 0.165. The molecule has 0 radical (unpaired) electrons. The van der Waals surface area contributed by atoms with Crippen LogP contribution in [0.2, 0.25) is 0 Å². The van der Waals surface area contributed by atoms with Gasteiger partial charge in [-0.3, -0.25) is 9.59 Å². The standard InChI is InChI=1S/C35H32N4O6S2/c1-35(2,3)45-34(44)39-17-16-24-27(19-36)32(47-28(24)20-39)38-31(41)29(21-10-5-4-6-11-21)46-23-13-9-12-22(18-23)37-30(40)25-14-7-8-15-26(25)33(42)43/h4-15,18,29H,16-17,20H2,1-3H3,(H,37,40)(H,38,41)(H,42,43). The highest BCUT2D eigenvalue weighted by molar-refractivity contribution is 8.00. The molecule has 12 heteroatoms. The lowest BCUT2D eigenvalue weighted by molar-refractivity contribution is -0.115. The molecule has 0 saturated carbocycles. The minimum Gasteiger partial charge on any atom is -0.478 e. The van der Waals surface area contributed by atoms with E-state index in [2.05, 4.69) is 16.7 Å². The first-order chi connectivity index (χ1) is 22.4. The lowest BCUT2D eigenvalue weighted by Crippen LogP contribution is -2.39. The molecule has 3 aromatic carbocycles. The van der Waals surface area contributed by atoms with Crippen LogP contribution in [0.4, 0.5) is 15.5 Å². The van der Waals surface area contributed by atoms with Crippen molar-refractivity contribution >= 4 is 57.7 Å². The number of nitriles is 1. The minimum absolute atomic E-state index is 0.0285. The van der Waals surface area contributed by atoms with E-state index in [9.17, 15) is 29.5 Å². The Morgan fingerprint density at radius 1 is 0.979 bits per heavy atom. The topological polar surface area (TPSA) is 149 Å². The normalized spacial score (nSPS) is 13.1. The third kappa shape index (κ3) is 8.00. The Hall–Kier alpha value is -5.12. The summed E-state index contributed by atoms with van der Waals surface area (Å²) < 4.78 is 5.53. The van der Waals surface area contributed by atoms with Crippen molar-refractivity contribution in [2.75, 3.05) is 17.2 Å². The molecule has 3 amide bonds. The molecule has 1 aliphatic rings. The number of amides is 3. The zero-order chi connectivity index (χ0) is 33.7. The first kappa shape index (κ1) is 33.2. The summed E-state index contributed by atoms with van der Waals surface area (Å²) in [5.41, 5.74) is 1.66. The number of hydrogen-bond donors (Lipinski definition) is 3. The molecule has 47 heavy (non-hydrogen) atoms. The van der Waals surface area contributed by atoms with Crippen molar-refractivity contribution in [1.29, 1.82) is 5.26 Å². The van der Waals surface area contributed by atoms with Crippen LogP contribution in [0.3, 0.4) is 0 Å². The van der Waals surface area contributed by atoms with E-state index in [1.165, 1.54) is 35.2 Å². The molecule has 1 atom stereocenters. The number of fused-ring (bicyclic) bond motifs is 1. The summed E-state index contributed by atoms with van der Waals surface area (Å²) in [6.07, 6.45) is 0.0431. The first-order valence-electron chi connectivity index (χ1n) is 14.7. The second-order valence-corrected chi connectivity index (χ2v) is 14.0. The van der Waals surface area contributed by atoms with E-state index < -0.39 is 28.8 Å². The Morgan fingerprint density at radius 3 is 2.36 bits per heavy atom. The summed E-state index contributed by atoms with van der Waals surface area (Å²) in [7, 11) is 0. The lowest BCUT2D eigenvalue weighted by Gasteiger charge is -2.29. The van der Waals surface area contributed by atoms with Gasteiger partial charge in [0.2, 0.25) is 5.91 Å². The number of nitrogens with one attached hydrogen (secondary N) is 2. The van der Waals surface area contributed by atoms with Gasteiger partial charge in [0.05, 0.1) is 23.2 Å². The molecule has 0 fully saturated rings. The third-order valence-electron chi connectivity index (χ3n) is 7.15. The molecule has 10 nitrogen and oxygen atoms in total. The van der Waals surface area contributed by atoms with Gasteiger partial charge in [0.15, 0.2) is 0 Å². The minimum atomic E-state index is -1.21. The van der Waals surface area contributed by atoms with Gasteiger partial charge in [0, 0.05) is 22.0 Å². The predicted octanol–water partition coefficient (Wildman–Crippen LogP) is 7.34. The number of benzene rings is 3. The van der Waals surface area contributed by atoms with Crippen molar-refractivity contribution in [2.24, 2.45) is 0 Å². The average Bonchev–Trinajstić information content (AvgIpc) is 3.39. The Morgan fingerprint density at radius 2 is 1.68 bits per heavy atom. The van der Waals surface area contributed by atoms with E-state index in [-0.39, 0.29) is 23.6 Å². The predicted molar refractivity (Wildman–Crippen MR) is 181 cm³/mol. The third-order valence-corrected chi connectivity index (χ3v) is 9.53. The number of rotatable bonds is 8. The van der Waals surface area contributed by atoms with Crippen molar-refractivity contribution in [3.63, 3.8) is 0 Å². The Labute approximate surface area is 280 Å². The van der Waals surface area contributed by atoms with Gasteiger partial charge in [0.25, 0.3) is 5.91 Å². The van der Waals surface area contributed by atoms with Gasteiger partial charge in [-0.1, -0.05) is 48.5 Å². The molecule has 1 unspecified atom stereocenters. The molecule has 5 rings (SSSR count). The molecule has 0 aliphatic carbocycles. The largest absolute Gasteiger partial charge is 0.478 e. The monoisotopic (exact) mass is 668 g/mol. The molecule has 0 spiro atoms. The molecule has 3 N–H and O–H groups in total. The molecule has 0 bridgehead atoms. The van der Waals surface area contributed by atoms with Gasteiger partial charge in [-0.25, -0.2) is 9.59 Å². The van der Waals surface area contributed by atoms with Crippen LogP contribution in [0.1, 0.15) is 68.3 Å². The molecule has 4 aromatic rings. The highest BCUT2D eigenvalue weighted by Gasteiger charge is 2.31. The number of carboxylic acids is 1. The van der Waals surface area contributed by atoms with E-state index in [0.717, 1.165) is 16.0 Å². The summed E-state index contributed by atoms with van der Waals surface area (Å²) in [6, 6.07) is 24.3. The average molecular weight is 669 g/mol. The van der Waals surface area contributed by atoms with Crippen LogP contribution in [0.15, 0.2) is 83.8 Å². The van der Waals surface area contributed by atoms with Crippen LogP contribution in [-0.2, 0) is 22.5 Å². The number of aromatic carboxylic acids is 1. The fourth-order valence-corrected chi connectivity index (χ4v) is 7.32. The van der Waals surface area contributed by atoms with E-state index in [0.29, 0.717) is 34.1 Å². The van der Waals surface area contributed by atoms with Crippen molar-refractivity contribution in [3.05, 3.63) is 112 Å². The first-order valence-corrected chi connectivity index (χ1v) is 16.4. The molecule has 0 saturated heterocycles. The fourth-order valence-electron chi connectivity index (χ4n) is 5.02. The molecule has 1 aromatic heterocycles. The van der Waals surface area contributed by atoms with Crippen LogP contribution >= 0.6 is 23.1 Å². The number of nitrogens with zero attached hydrogens (tertiary/aromatic N) is 2. The smallest absolute Gasteiger partial charge is 0.410 e. The van der Waals surface area contributed by atoms with Crippen LogP contribution in [0.25, 0.3) is 0 Å². The van der Waals surface area contributed by atoms with Crippen LogP contribution < -0.4 is 10.6 Å². The van der Waals surface area contributed by atoms with Crippen molar-refractivity contribution < 1.29 is 29.0 Å². The number of thioether (sulfide) groups is 1. The Bertz CT molecular complexity index is 1880. The number of thiophene rings is 1. The van der Waals surface area contributed by atoms with Gasteiger partial charge < -0.3 is 25.4 Å². The highest BCUT2D eigenvalue weighted by Crippen LogP contribution is 2.41. The molecular weight excluding hydrogens is 637 g/mol. The number of hydrogen-bond acceptors (Lipinski definition) is 8. The Balaban J connectivity index is 1.36. The van der Waals surface area contributed by atoms with E-state index in [1.54, 1.807) is 35.2 Å². The van der Waals surface area contributed by atoms with Crippen molar-refractivity contribution in [2.45, 2.75) is 49.5 Å². The van der Waals surface area contributed by atoms with Gasteiger partial charge >= 0.3 is 12.1 Å². The van der Waals surface area contributed by atoms with E-state index in [4.69, 9.17) is 4.74 Å². The molecule has 240 valence electrons. The maximum Gasteiger partial charge on any atom is 0.410 e. The van der Waals surface area contributed by atoms with Crippen molar-refractivity contribution in [1.82, 2.24) is 4.90 Å². The number of carbonyl (C=O) groups is 4. The Kier molecular flexibility index (Phi) is 9.98. The summed E-state index contributed by atoms with van der Waals surface area (Å²) >= 11 is 2.55. The van der Waals surface area contributed by atoms with E-state index in [1.807, 2.05) is 57.2 Å². The SMILES string of the molecule is CC(C)(C)OC(=O)N1CCc2c(sc(NC(=O)C(Sc3cccc(NC(=O)c4ccccc4C(=O)O)c3)c3ccccc3)c2C#N)C1. The lowest BCUT2D eigenvalue weighted by atomic mass is 10.0. The maximum atomic E-state index is 13.9. The molecular formula is C35H32N4O6S2. The number of carboxylic acid groups (broad SMARTS) is 1. The summed E-state index contributed by atoms with van der Waals surface area (Å²) in [4.78, 5) is 54.3. The maximum absolute atomic E-state index is 13.9. The zero-order valence-corrected chi connectivity index (χ0v) is 27.5. The number of anilines is 2. The summed E-state index contributed by atoms with van der Waals surface area (Å²) in [5.74, 6) is -2.12. The van der Waals surface area contributed by atoms with Gasteiger partial charge in [-0.2, -0.15) is 5.26 Å². The number of ether oxygens (including phenoxy) is 1. The molecule has 1 aliphatic heterocycles. The van der Waals surface area contributed by atoms with Gasteiger partial charge in [-0.15, -0.1) is 23.1 Å².